The number of hydrogen-bond acceptors (Lipinski definition) is 6. The monoisotopic (exact) mass is 348 g/mol. The van der Waals surface area contributed by atoms with Crippen LogP contribution in [0.5, 0.6) is 0 Å². The summed E-state index contributed by atoms with van der Waals surface area (Å²) < 4.78 is 0. The molecule has 9 heteroatoms. The van der Waals surface area contributed by atoms with Crippen LogP contribution in [-0.4, -0.2) is 39.9 Å². The van der Waals surface area contributed by atoms with Gasteiger partial charge in [0, 0.05) is 29.0 Å². The van der Waals surface area contributed by atoms with E-state index in [2.05, 4.69) is 10.5 Å². The Hall–Kier alpha value is -1.09. The van der Waals surface area contributed by atoms with Crippen LogP contribution in [0.3, 0.4) is 0 Å². The predicted molar refractivity (Wildman–Crippen MR) is 86.5 cm³/mol. The highest BCUT2D eigenvalue weighted by molar-refractivity contribution is 8.77. The van der Waals surface area contributed by atoms with Gasteiger partial charge in [0.15, 0.2) is 0 Å². The summed E-state index contributed by atoms with van der Waals surface area (Å²) in [5.74, 6) is -1.29. The number of carboxylic acids is 1. The van der Waals surface area contributed by atoms with Crippen molar-refractivity contribution < 1.29 is 19.5 Å². The van der Waals surface area contributed by atoms with Crippen molar-refractivity contribution in [3.05, 3.63) is 4.91 Å². The van der Waals surface area contributed by atoms with Gasteiger partial charge in [-0.3, -0.25) is 14.4 Å². The first-order valence-electron chi connectivity index (χ1n) is 7.19. The molecular weight excluding hydrogens is 328 g/mol. The number of aliphatic carboxylic acids is 1. The third-order valence-electron chi connectivity index (χ3n) is 3.28. The van der Waals surface area contributed by atoms with Gasteiger partial charge in [0.2, 0.25) is 5.91 Å². The van der Waals surface area contributed by atoms with Crippen molar-refractivity contribution in [1.82, 2.24) is 5.32 Å². The average molecular weight is 348 g/mol. The lowest BCUT2D eigenvalue weighted by Crippen LogP contribution is -2.40. The van der Waals surface area contributed by atoms with Crippen LogP contribution in [0.15, 0.2) is 5.18 Å². The van der Waals surface area contributed by atoms with Gasteiger partial charge in [0.05, 0.1) is 0 Å². The van der Waals surface area contributed by atoms with Crippen molar-refractivity contribution in [2.75, 3.05) is 5.75 Å². The lowest BCUT2D eigenvalue weighted by molar-refractivity contribution is -0.137. The van der Waals surface area contributed by atoms with Crippen LogP contribution in [0.1, 0.15) is 44.9 Å². The van der Waals surface area contributed by atoms with Gasteiger partial charge in [-0.2, -0.15) is 0 Å². The van der Waals surface area contributed by atoms with Gasteiger partial charge in [-0.05, 0) is 25.7 Å². The van der Waals surface area contributed by atoms with Crippen molar-refractivity contribution >= 4 is 39.4 Å². The van der Waals surface area contributed by atoms with Crippen LogP contribution in [0.2, 0.25) is 0 Å². The minimum Gasteiger partial charge on any atom is -0.481 e. The van der Waals surface area contributed by atoms with Gasteiger partial charge in [-0.1, -0.05) is 28.0 Å². The largest absolute Gasteiger partial charge is 0.481 e. The quantitative estimate of drug-likeness (QED) is 0.354. The summed E-state index contributed by atoms with van der Waals surface area (Å²) in [6.45, 7) is 0. The number of nitroso groups, excluding NO2 is 1. The van der Waals surface area contributed by atoms with Crippen LogP contribution >= 0.6 is 21.6 Å². The maximum absolute atomic E-state index is 11.8. The Balaban J connectivity index is 2.24. The molecule has 2 amide bonds. The van der Waals surface area contributed by atoms with E-state index in [4.69, 9.17) is 5.11 Å². The average Bonchev–Trinajstić information content (AvgIpc) is 3.00. The van der Waals surface area contributed by atoms with E-state index in [1.54, 1.807) is 0 Å². The molecule has 0 radical (unpaired) electrons. The molecule has 22 heavy (non-hydrogen) atoms. The van der Waals surface area contributed by atoms with Crippen molar-refractivity contribution in [2.45, 2.75) is 56.2 Å². The molecule has 0 bridgehead atoms. The number of nitrogens with zero attached hydrogens (tertiary/aromatic N) is 1. The molecule has 0 saturated carbocycles. The van der Waals surface area contributed by atoms with E-state index in [9.17, 15) is 19.3 Å². The summed E-state index contributed by atoms with van der Waals surface area (Å²) in [4.78, 5) is 43.8. The molecular formula is C13H20N2O5S2. The van der Waals surface area contributed by atoms with Crippen LogP contribution in [-0.2, 0) is 14.4 Å². The third-order valence-corrected chi connectivity index (χ3v) is 6.28. The Kier molecular flexibility index (Phi) is 9.14. The number of unbranched alkanes of at least 4 members (excludes halogenated alkanes) is 1. The highest BCUT2D eigenvalue weighted by Crippen LogP contribution is 2.39. The fraction of sp³-hybridized carbons (Fsp3) is 0.769. The molecule has 0 aromatic heterocycles. The minimum absolute atomic E-state index is 0.123. The zero-order valence-electron chi connectivity index (χ0n) is 12.2. The van der Waals surface area contributed by atoms with E-state index in [0.717, 1.165) is 12.8 Å². The molecule has 2 unspecified atom stereocenters. The Labute approximate surface area is 136 Å². The minimum atomic E-state index is -1.14. The van der Waals surface area contributed by atoms with Crippen LogP contribution < -0.4 is 5.32 Å². The number of nitrogens with one attached hydrogen (secondary N) is 1. The van der Waals surface area contributed by atoms with Crippen molar-refractivity contribution in [1.29, 1.82) is 0 Å². The number of carbonyl (C=O) groups excluding carboxylic acids is 2. The lowest BCUT2D eigenvalue weighted by atomic mass is 10.1. The van der Waals surface area contributed by atoms with Gasteiger partial charge in [-0.15, -0.1) is 4.91 Å². The molecule has 1 rings (SSSR count). The first kappa shape index (κ1) is 19.0. The molecule has 124 valence electrons. The Morgan fingerprint density at radius 1 is 1.27 bits per heavy atom. The predicted octanol–water partition coefficient (Wildman–Crippen LogP) is 2.34. The van der Waals surface area contributed by atoms with E-state index in [-0.39, 0.29) is 25.2 Å². The van der Waals surface area contributed by atoms with Crippen LogP contribution in [0.4, 0.5) is 0 Å². The van der Waals surface area contributed by atoms with E-state index >= 15 is 0 Å². The van der Waals surface area contributed by atoms with Crippen LogP contribution in [0.25, 0.3) is 0 Å². The molecule has 1 aliphatic heterocycles. The number of carboxylic acid groups (broad SMARTS) is 1. The molecule has 2 N–H and O–H groups in total. The fourth-order valence-electron chi connectivity index (χ4n) is 2.08. The molecule has 7 nitrogen and oxygen atoms in total. The SMILES string of the molecule is O=NC(=O)C(CCC(=O)O)NC(=O)CCCCC1CCSS1. The summed E-state index contributed by atoms with van der Waals surface area (Å²) in [6, 6.07) is -1.14. The molecule has 1 saturated heterocycles. The second kappa shape index (κ2) is 10.6. The summed E-state index contributed by atoms with van der Waals surface area (Å²) in [5.41, 5.74) is 0. The van der Waals surface area contributed by atoms with E-state index in [1.807, 2.05) is 21.6 Å². The van der Waals surface area contributed by atoms with Gasteiger partial charge in [-0.25, -0.2) is 0 Å². The molecule has 0 spiro atoms. The van der Waals surface area contributed by atoms with Gasteiger partial charge < -0.3 is 10.4 Å². The molecule has 0 aliphatic carbocycles. The number of rotatable bonds is 10. The van der Waals surface area contributed by atoms with E-state index in [0.29, 0.717) is 11.7 Å². The maximum atomic E-state index is 11.8. The van der Waals surface area contributed by atoms with Crippen LogP contribution in [0, 0.1) is 4.91 Å². The summed E-state index contributed by atoms with van der Waals surface area (Å²) in [6.07, 6.45) is 3.76. The first-order chi connectivity index (χ1) is 10.5. The topological polar surface area (TPSA) is 113 Å². The van der Waals surface area contributed by atoms with Crippen molar-refractivity contribution in [3.63, 3.8) is 0 Å². The summed E-state index contributed by atoms with van der Waals surface area (Å²) in [5, 5.41) is 13.9. The second-order valence-corrected chi connectivity index (χ2v) is 7.84. The number of hydrogen-bond donors (Lipinski definition) is 2. The summed E-state index contributed by atoms with van der Waals surface area (Å²) >= 11 is 0. The zero-order chi connectivity index (χ0) is 16.4. The standard InChI is InChI=1S/C13H20N2O5S2/c16-11(4-2-1-3-9-7-8-21-22-9)14-10(13(19)15-20)5-6-12(17)18/h9-10H,1-8H2,(H,14,16)(H,17,18). The number of amides is 2. The smallest absolute Gasteiger partial charge is 0.308 e. The highest BCUT2D eigenvalue weighted by Gasteiger charge is 2.22. The maximum Gasteiger partial charge on any atom is 0.308 e. The number of carbonyl (C=O) groups is 3. The van der Waals surface area contributed by atoms with Gasteiger partial charge >= 0.3 is 11.9 Å². The summed E-state index contributed by atoms with van der Waals surface area (Å²) in [7, 11) is 3.78. The second-order valence-electron chi connectivity index (χ2n) is 5.06. The molecule has 2 atom stereocenters. The van der Waals surface area contributed by atoms with Gasteiger partial charge in [0.1, 0.15) is 6.04 Å². The third kappa shape index (κ3) is 7.79. The Morgan fingerprint density at radius 2 is 2.05 bits per heavy atom. The normalized spacial score (nSPS) is 18.6. The van der Waals surface area contributed by atoms with Gasteiger partial charge in [0.25, 0.3) is 0 Å². The Morgan fingerprint density at radius 3 is 2.64 bits per heavy atom. The molecule has 1 heterocycles. The molecule has 0 aromatic rings. The Bertz CT molecular complexity index is 413. The molecule has 1 aliphatic rings. The first-order valence-corrected chi connectivity index (χ1v) is 9.57. The van der Waals surface area contributed by atoms with Crippen molar-refractivity contribution in [2.24, 2.45) is 5.18 Å². The van der Waals surface area contributed by atoms with E-state index in [1.165, 1.54) is 12.2 Å². The molecule has 1 fully saturated rings. The molecule has 0 aromatic carbocycles. The van der Waals surface area contributed by atoms with E-state index < -0.39 is 17.9 Å². The van der Waals surface area contributed by atoms with Crippen molar-refractivity contribution in [3.8, 4) is 0 Å². The lowest BCUT2D eigenvalue weighted by Gasteiger charge is -2.13. The highest BCUT2D eigenvalue weighted by atomic mass is 33.1. The fourth-order valence-corrected chi connectivity index (χ4v) is 5.10. The zero-order valence-corrected chi connectivity index (χ0v) is 13.8.